The lowest BCUT2D eigenvalue weighted by Crippen LogP contribution is -2.46. The van der Waals surface area contributed by atoms with Gasteiger partial charge in [-0.2, -0.15) is 13.2 Å². The van der Waals surface area contributed by atoms with E-state index in [1.165, 1.54) is 22.6 Å². The molecule has 0 saturated carbocycles. The average molecular weight is 503 g/mol. The van der Waals surface area contributed by atoms with Crippen LogP contribution in [0.4, 0.5) is 13.2 Å². The summed E-state index contributed by atoms with van der Waals surface area (Å²) >= 11 is 11.0. The first kappa shape index (κ1) is 25.0. The van der Waals surface area contributed by atoms with Crippen molar-refractivity contribution in [3.05, 3.63) is 60.7 Å². The van der Waals surface area contributed by atoms with Crippen molar-refractivity contribution in [3.63, 3.8) is 0 Å². The maximum Gasteiger partial charge on any atom is 0.417 e. The Kier molecular flexibility index (Phi) is 7.32. The molecule has 1 aliphatic rings. The molecule has 1 atom stereocenters. The summed E-state index contributed by atoms with van der Waals surface area (Å²) in [5, 5.41) is 2.02. The number of aromatic nitrogens is 2. The fourth-order valence-corrected chi connectivity index (χ4v) is 4.29. The number of hydrogen-bond acceptors (Lipinski definition) is 4. The van der Waals surface area contributed by atoms with E-state index in [-0.39, 0.29) is 47.7 Å². The highest BCUT2D eigenvalue weighted by molar-refractivity contribution is 7.71. The fraction of sp³-hybridized carbons (Fsp3) is 0.429. The van der Waals surface area contributed by atoms with E-state index in [1.807, 2.05) is 0 Å². The minimum atomic E-state index is -4.69. The number of hydrogen-bond donors (Lipinski definition) is 2. The van der Waals surface area contributed by atoms with Gasteiger partial charge < -0.3 is 15.2 Å². The Morgan fingerprint density at radius 1 is 1.33 bits per heavy atom. The van der Waals surface area contributed by atoms with Gasteiger partial charge in [-0.15, -0.1) is 0 Å². The predicted octanol–water partition coefficient (Wildman–Crippen LogP) is 3.69. The number of carbonyl (C=O) groups is 2. The summed E-state index contributed by atoms with van der Waals surface area (Å²) in [6.45, 7) is 1.98. The van der Waals surface area contributed by atoms with E-state index in [2.05, 4.69) is 10.3 Å². The Morgan fingerprint density at radius 2 is 2.03 bits per heavy atom. The van der Waals surface area contributed by atoms with Crippen molar-refractivity contribution in [1.29, 1.82) is 0 Å². The van der Waals surface area contributed by atoms with Crippen LogP contribution in [-0.2, 0) is 30.5 Å². The maximum absolute atomic E-state index is 13.2. The average Bonchev–Trinajstić information content (AvgIpc) is 2.75. The van der Waals surface area contributed by atoms with E-state index in [4.69, 9.17) is 23.8 Å². The van der Waals surface area contributed by atoms with Gasteiger partial charge in [-0.3, -0.25) is 19.0 Å². The Bertz CT molecular complexity index is 1210. The molecule has 2 heterocycles. The topological polar surface area (TPSA) is 87.2 Å². The van der Waals surface area contributed by atoms with Gasteiger partial charge in [0, 0.05) is 42.9 Å². The highest BCUT2D eigenvalue weighted by Gasteiger charge is 2.35. The lowest BCUT2D eigenvalue weighted by Gasteiger charge is -2.34. The van der Waals surface area contributed by atoms with Crippen LogP contribution in [0.2, 0.25) is 5.02 Å². The van der Waals surface area contributed by atoms with Crippen molar-refractivity contribution in [2.75, 3.05) is 7.05 Å². The van der Waals surface area contributed by atoms with E-state index in [9.17, 15) is 27.6 Å². The number of H-pyrrole nitrogens is 1. The maximum atomic E-state index is 13.2. The molecule has 0 fully saturated rings. The van der Waals surface area contributed by atoms with Crippen LogP contribution in [0.5, 0.6) is 0 Å². The number of alkyl halides is 3. The van der Waals surface area contributed by atoms with E-state index in [0.29, 0.717) is 17.7 Å². The molecule has 1 aromatic carbocycles. The van der Waals surface area contributed by atoms with Crippen LogP contribution in [0.25, 0.3) is 0 Å². The van der Waals surface area contributed by atoms with Crippen molar-refractivity contribution in [3.8, 4) is 0 Å². The zero-order chi connectivity index (χ0) is 24.5. The molecule has 2 aromatic rings. The van der Waals surface area contributed by atoms with Gasteiger partial charge in [-0.1, -0.05) is 11.6 Å². The third-order valence-corrected chi connectivity index (χ3v) is 6.23. The van der Waals surface area contributed by atoms with Crippen LogP contribution >= 0.6 is 23.8 Å². The second kappa shape index (κ2) is 9.68. The quantitative estimate of drug-likeness (QED) is 0.610. The largest absolute Gasteiger partial charge is 0.417 e. The zero-order valence-electron chi connectivity index (χ0n) is 17.9. The van der Waals surface area contributed by atoms with Gasteiger partial charge in [-0.05, 0) is 50.2 Å². The molecule has 0 saturated heterocycles. The summed E-state index contributed by atoms with van der Waals surface area (Å²) in [7, 11) is 1.53. The predicted molar refractivity (Wildman–Crippen MR) is 119 cm³/mol. The van der Waals surface area contributed by atoms with Gasteiger partial charge in [0.05, 0.1) is 17.1 Å². The summed E-state index contributed by atoms with van der Waals surface area (Å²) in [5.41, 5.74) is -0.617. The van der Waals surface area contributed by atoms with Crippen LogP contribution in [0, 0.1) is 4.77 Å². The van der Waals surface area contributed by atoms with Crippen molar-refractivity contribution in [2.45, 2.75) is 51.5 Å². The first-order valence-electron chi connectivity index (χ1n) is 10.2. The number of nitrogens with zero attached hydrogens (tertiary/aromatic N) is 2. The van der Waals surface area contributed by atoms with Crippen molar-refractivity contribution in [2.24, 2.45) is 0 Å². The highest BCUT2D eigenvalue weighted by Crippen LogP contribution is 2.35. The lowest BCUT2D eigenvalue weighted by molar-refractivity contribution is -0.137. The minimum absolute atomic E-state index is 0.00271. The normalized spacial score (nSPS) is 15.8. The number of aromatic amines is 1. The number of halogens is 4. The number of rotatable bonds is 5. The molecule has 33 heavy (non-hydrogen) atoms. The summed E-state index contributed by atoms with van der Waals surface area (Å²) in [4.78, 5) is 41.8. The van der Waals surface area contributed by atoms with Crippen molar-refractivity contribution >= 4 is 35.6 Å². The standard InChI is InChI=1S/C21H22ClF3N4O3S/c1-11-8-13-16(27-20(33)28(19(13)32)7-3-4-17(30)26-2)10-29(11)18(31)12-5-6-15(22)14(9-12)21(23,24)25/h5-6,9,11H,3-4,7-8,10H2,1-2H3,(H,26,30)(H,27,33)/t11-/m1/s1. The minimum Gasteiger partial charge on any atom is -0.359 e. The summed E-state index contributed by atoms with van der Waals surface area (Å²) < 4.78 is 41.1. The molecule has 2 N–H and O–H groups in total. The molecule has 2 amide bonds. The molecular weight excluding hydrogens is 481 g/mol. The van der Waals surface area contributed by atoms with Crippen LogP contribution in [0.15, 0.2) is 23.0 Å². The van der Waals surface area contributed by atoms with Gasteiger partial charge in [0.2, 0.25) is 5.91 Å². The highest BCUT2D eigenvalue weighted by atomic mass is 35.5. The van der Waals surface area contributed by atoms with Crippen LogP contribution in [-0.4, -0.2) is 39.4 Å². The molecular formula is C21H22ClF3N4O3S. The molecule has 0 aliphatic carbocycles. The molecule has 12 heteroatoms. The SMILES string of the molecule is CNC(=O)CCCn1c(=S)[nH]c2c(c1=O)C[C@@H](C)N(C(=O)c1ccc(Cl)c(C(F)(F)F)c1)C2. The molecule has 0 unspecified atom stereocenters. The number of carbonyl (C=O) groups excluding carboxylic acids is 2. The summed E-state index contributed by atoms with van der Waals surface area (Å²) in [6, 6.07) is 2.59. The van der Waals surface area contributed by atoms with E-state index < -0.39 is 28.7 Å². The smallest absolute Gasteiger partial charge is 0.359 e. The Hall–Kier alpha value is -2.66. The Balaban J connectivity index is 1.88. The van der Waals surface area contributed by atoms with E-state index >= 15 is 0 Å². The summed E-state index contributed by atoms with van der Waals surface area (Å²) in [6.07, 6.45) is -3.81. The number of benzene rings is 1. The van der Waals surface area contributed by atoms with Gasteiger partial charge in [0.15, 0.2) is 4.77 Å². The van der Waals surface area contributed by atoms with Gasteiger partial charge in [-0.25, -0.2) is 0 Å². The fourth-order valence-electron chi connectivity index (χ4n) is 3.77. The summed E-state index contributed by atoms with van der Waals surface area (Å²) in [5.74, 6) is -0.751. The Morgan fingerprint density at radius 3 is 2.67 bits per heavy atom. The zero-order valence-corrected chi connectivity index (χ0v) is 19.5. The molecule has 0 bridgehead atoms. The molecule has 178 valence electrons. The second-order valence-electron chi connectivity index (χ2n) is 7.80. The number of amides is 2. The van der Waals surface area contributed by atoms with Crippen LogP contribution in [0.3, 0.4) is 0 Å². The monoisotopic (exact) mass is 502 g/mol. The molecule has 1 aromatic heterocycles. The van der Waals surface area contributed by atoms with Gasteiger partial charge >= 0.3 is 6.18 Å². The van der Waals surface area contributed by atoms with E-state index in [1.54, 1.807) is 6.92 Å². The lowest BCUT2D eigenvalue weighted by atomic mass is 9.98. The number of nitrogens with one attached hydrogen (secondary N) is 2. The molecule has 3 rings (SSSR count). The van der Waals surface area contributed by atoms with Crippen molar-refractivity contribution < 1.29 is 22.8 Å². The third-order valence-electron chi connectivity index (χ3n) is 5.57. The molecule has 0 radical (unpaired) electrons. The molecule has 0 spiro atoms. The third kappa shape index (κ3) is 5.30. The van der Waals surface area contributed by atoms with E-state index in [0.717, 1.165) is 12.1 Å². The Labute approximate surface area is 197 Å². The first-order valence-corrected chi connectivity index (χ1v) is 11.0. The second-order valence-corrected chi connectivity index (χ2v) is 8.59. The van der Waals surface area contributed by atoms with Crippen molar-refractivity contribution in [1.82, 2.24) is 19.8 Å². The van der Waals surface area contributed by atoms with Crippen LogP contribution < -0.4 is 10.9 Å². The number of fused-ring (bicyclic) bond motifs is 1. The van der Waals surface area contributed by atoms with Gasteiger partial charge in [0.1, 0.15) is 0 Å². The van der Waals surface area contributed by atoms with Crippen LogP contribution in [0.1, 0.15) is 46.9 Å². The van der Waals surface area contributed by atoms with Gasteiger partial charge in [0.25, 0.3) is 11.5 Å². The first-order chi connectivity index (χ1) is 15.4. The molecule has 1 aliphatic heterocycles. The molecule has 7 nitrogen and oxygen atoms in total.